The number of fused-ring (bicyclic) bond motifs is 1. The van der Waals surface area contributed by atoms with Gasteiger partial charge in [0.25, 0.3) is 0 Å². The van der Waals surface area contributed by atoms with Gasteiger partial charge in [0, 0.05) is 72.0 Å². The van der Waals surface area contributed by atoms with Crippen molar-refractivity contribution in [1.29, 1.82) is 0 Å². The van der Waals surface area contributed by atoms with Crippen molar-refractivity contribution in [1.82, 2.24) is 15.1 Å². The maximum absolute atomic E-state index is 15.4. The van der Waals surface area contributed by atoms with Crippen LogP contribution in [-0.4, -0.2) is 97.1 Å². The smallest absolute Gasteiger partial charge is 0.338 e. The number of amidine groups is 1. The molecule has 52 heavy (non-hydrogen) atoms. The number of carboxylic acids is 1. The first-order chi connectivity index (χ1) is 25.0. The number of aromatic carboxylic acids is 1. The number of hydrogen-bond acceptors (Lipinski definition) is 9. The van der Waals surface area contributed by atoms with Crippen LogP contribution in [0.1, 0.15) is 22.0 Å². The number of hydrogen-bond donors (Lipinski definition) is 2. The fourth-order valence-electron chi connectivity index (χ4n) is 6.48. The van der Waals surface area contributed by atoms with E-state index in [1.807, 2.05) is 0 Å². The van der Waals surface area contributed by atoms with E-state index in [1.54, 1.807) is 10.3 Å². The van der Waals surface area contributed by atoms with E-state index < -0.39 is 35.4 Å². The molecule has 0 aromatic heterocycles. The van der Waals surface area contributed by atoms with E-state index in [9.17, 15) is 23.2 Å². The summed E-state index contributed by atoms with van der Waals surface area (Å²) in [5.74, 6) is -3.21. The van der Waals surface area contributed by atoms with Gasteiger partial charge < -0.3 is 20.1 Å². The molecule has 11 nitrogen and oxygen atoms in total. The number of thioether (sulfide) groups is 1. The lowest BCUT2D eigenvalue weighted by Gasteiger charge is -2.38. The van der Waals surface area contributed by atoms with Gasteiger partial charge in [-0.05, 0) is 54.6 Å². The molecule has 16 heteroatoms. The molecular weight excluding hydrogens is 721 g/mol. The van der Waals surface area contributed by atoms with Crippen molar-refractivity contribution in [3.63, 3.8) is 0 Å². The first kappa shape index (κ1) is 36.7. The summed E-state index contributed by atoms with van der Waals surface area (Å²) in [6, 6.07) is 9.70. The number of piperazine rings is 1. The maximum atomic E-state index is 15.4. The van der Waals surface area contributed by atoms with Crippen molar-refractivity contribution in [2.45, 2.75) is 12.1 Å². The summed E-state index contributed by atoms with van der Waals surface area (Å²) in [4.78, 5) is 51.8. The van der Waals surface area contributed by atoms with Gasteiger partial charge in [0.1, 0.15) is 29.3 Å². The summed E-state index contributed by atoms with van der Waals surface area (Å²) in [6.45, 7) is 5.14. The number of rotatable bonds is 11. The van der Waals surface area contributed by atoms with E-state index in [0.29, 0.717) is 42.5 Å². The number of carbonyl (C=O) groups excluding carboxylic acids is 2. The Hall–Kier alpha value is -5.12. The number of nitrogens with one attached hydrogen (secondary N) is 1. The van der Waals surface area contributed by atoms with Crippen LogP contribution in [-0.2, 0) is 9.53 Å². The number of halogens is 4. The number of aliphatic imine (C=N–C) groups is 2. The van der Waals surface area contributed by atoms with Gasteiger partial charge in [-0.15, -0.1) is 11.8 Å². The third-order valence-corrected chi connectivity index (χ3v) is 9.99. The summed E-state index contributed by atoms with van der Waals surface area (Å²) >= 11 is 7.86. The second-order valence-electron chi connectivity index (χ2n) is 12.1. The zero-order valence-electron chi connectivity index (χ0n) is 27.7. The number of urea groups is 1. The van der Waals surface area contributed by atoms with Crippen molar-refractivity contribution >= 4 is 59.6 Å². The molecule has 3 aliphatic rings. The molecule has 270 valence electrons. The number of amides is 2. The fraction of sp³-hybridized carbons (Fsp3) is 0.250. The second kappa shape index (κ2) is 15.6. The van der Waals surface area contributed by atoms with Crippen LogP contribution in [0.3, 0.4) is 0 Å². The van der Waals surface area contributed by atoms with Crippen LogP contribution in [0.4, 0.5) is 23.7 Å². The first-order valence-corrected chi connectivity index (χ1v) is 17.4. The molecule has 3 aromatic carbocycles. The summed E-state index contributed by atoms with van der Waals surface area (Å²) in [5.41, 5.74) is 1.01. The van der Waals surface area contributed by atoms with Crippen molar-refractivity contribution < 1.29 is 37.4 Å². The molecule has 2 atom stereocenters. The van der Waals surface area contributed by atoms with Crippen LogP contribution in [0.5, 0.6) is 0 Å². The van der Waals surface area contributed by atoms with Crippen LogP contribution < -0.4 is 10.2 Å². The monoisotopic (exact) mass is 752 g/mol. The van der Waals surface area contributed by atoms with Gasteiger partial charge in [0.2, 0.25) is 0 Å². The largest absolute Gasteiger partial charge is 0.478 e. The maximum Gasteiger partial charge on any atom is 0.338 e. The Morgan fingerprint density at radius 3 is 2.52 bits per heavy atom. The normalized spacial score (nSPS) is 19.1. The molecule has 0 radical (unpaired) electrons. The highest BCUT2D eigenvalue weighted by atomic mass is 35.5. The highest BCUT2D eigenvalue weighted by molar-refractivity contribution is 8.02. The standard InChI is InChI=1S/C36H32ClF3N6O5S/c1-41-9-12-52-19-31-42-30(32(35(49)51-2)33(43-31)26-7-4-21(38)14-27(26)37)18-44-10-11-45-23(16-44)17-46(36(45)50)22-5-8-25(29(40)15-22)24-6-3-20(34(47)48)13-28(24)39/h3-9,12-15,23,33H,1,10-11,16-19H2,2H3,(H,42,43)(H,47,48)/b12-9-/t23?,33-/m0/s1. The van der Waals surface area contributed by atoms with Crippen molar-refractivity contribution in [3.05, 3.63) is 111 Å². The molecule has 3 heterocycles. The fourth-order valence-corrected chi connectivity index (χ4v) is 7.32. The summed E-state index contributed by atoms with van der Waals surface area (Å²) in [5, 5.41) is 14.3. The topological polar surface area (TPSA) is 127 Å². The minimum Gasteiger partial charge on any atom is -0.478 e. The Kier molecular flexibility index (Phi) is 11.0. The number of ether oxygens (including phenoxy) is 1. The number of nitrogens with zero attached hydrogens (tertiary/aromatic N) is 5. The summed E-state index contributed by atoms with van der Waals surface area (Å²) in [6.07, 6.45) is 1.54. The molecule has 3 aromatic rings. The second-order valence-corrected chi connectivity index (χ2v) is 13.4. The molecule has 0 bridgehead atoms. The predicted octanol–water partition coefficient (Wildman–Crippen LogP) is 6.12. The highest BCUT2D eigenvalue weighted by Gasteiger charge is 2.42. The van der Waals surface area contributed by atoms with Crippen molar-refractivity contribution in [2.24, 2.45) is 9.98 Å². The number of anilines is 1. The molecule has 6 rings (SSSR count). The van der Waals surface area contributed by atoms with Gasteiger partial charge >= 0.3 is 18.0 Å². The van der Waals surface area contributed by atoms with Crippen LogP contribution >= 0.6 is 23.4 Å². The molecule has 2 amide bonds. The predicted molar refractivity (Wildman–Crippen MR) is 193 cm³/mol. The Bertz CT molecular complexity index is 2040. The third-order valence-electron chi connectivity index (χ3n) is 8.91. The van der Waals surface area contributed by atoms with Crippen LogP contribution in [0.15, 0.2) is 87.5 Å². The van der Waals surface area contributed by atoms with Gasteiger partial charge in [-0.25, -0.2) is 27.6 Å². The van der Waals surface area contributed by atoms with Gasteiger partial charge in [-0.3, -0.25) is 19.8 Å². The van der Waals surface area contributed by atoms with Gasteiger partial charge in [0.05, 0.1) is 30.0 Å². The van der Waals surface area contributed by atoms with E-state index in [2.05, 4.69) is 21.9 Å². The lowest BCUT2D eigenvalue weighted by molar-refractivity contribution is -0.136. The average Bonchev–Trinajstić information content (AvgIpc) is 3.45. The molecule has 2 N–H and O–H groups in total. The van der Waals surface area contributed by atoms with Crippen molar-refractivity contribution in [3.8, 4) is 11.1 Å². The molecule has 1 unspecified atom stereocenters. The molecule has 0 saturated carbocycles. The van der Waals surface area contributed by atoms with Gasteiger partial charge in [0.15, 0.2) is 0 Å². The molecule has 3 aliphatic heterocycles. The van der Waals surface area contributed by atoms with E-state index >= 15 is 4.39 Å². The minimum absolute atomic E-state index is 0.0710. The van der Waals surface area contributed by atoms with E-state index in [4.69, 9.17) is 26.4 Å². The highest BCUT2D eigenvalue weighted by Crippen LogP contribution is 2.37. The van der Waals surface area contributed by atoms with Crippen LogP contribution in [0.2, 0.25) is 5.02 Å². The lowest BCUT2D eigenvalue weighted by atomic mass is 9.95. The Labute approximate surface area is 306 Å². The molecule has 0 aliphatic carbocycles. The molecule has 2 fully saturated rings. The van der Waals surface area contributed by atoms with Crippen LogP contribution in [0, 0.1) is 17.5 Å². The number of benzene rings is 3. The van der Waals surface area contributed by atoms with E-state index in [1.165, 1.54) is 66.4 Å². The lowest BCUT2D eigenvalue weighted by Crippen LogP contribution is -2.53. The molecule has 0 spiro atoms. The van der Waals surface area contributed by atoms with E-state index in [-0.39, 0.29) is 58.1 Å². The molecule has 2 saturated heterocycles. The first-order valence-electron chi connectivity index (χ1n) is 15.9. The van der Waals surface area contributed by atoms with Gasteiger partial charge in [-0.1, -0.05) is 23.7 Å². The Balaban J connectivity index is 1.23. The zero-order valence-corrected chi connectivity index (χ0v) is 29.3. The number of methoxy groups -OCH3 is 1. The SMILES string of the molecule is C=N/C=C\SCC1=N[C@@H](c2ccc(F)cc2Cl)C(C(=O)OC)=C(CN2CCN3C(=O)N(c4ccc(-c5ccc(C(=O)O)cc5F)c(F)c4)CC3C2)N1. The molecular formula is C36H32ClF3N6O5S. The Morgan fingerprint density at radius 1 is 1.10 bits per heavy atom. The third kappa shape index (κ3) is 7.56. The summed E-state index contributed by atoms with van der Waals surface area (Å²) in [7, 11) is 1.26. The number of carboxylic acid groups (broad SMARTS) is 1. The van der Waals surface area contributed by atoms with E-state index in [0.717, 1.165) is 18.2 Å². The van der Waals surface area contributed by atoms with Crippen LogP contribution in [0.25, 0.3) is 11.1 Å². The van der Waals surface area contributed by atoms with Crippen molar-refractivity contribution in [2.75, 3.05) is 50.5 Å². The number of esters is 1. The average molecular weight is 753 g/mol. The summed E-state index contributed by atoms with van der Waals surface area (Å²) < 4.78 is 49.3. The Morgan fingerprint density at radius 2 is 1.85 bits per heavy atom. The van der Waals surface area contributed by atoms with Gasteiger partial charge in [-0.2, -0.15) is 0 Å². The quantitative estimate of drug-likeness (QED) is 0.177. The zero-order chi connectivity index (χ0) is 37.1. The number of carbonyl (C=O) groups is 3. The minimum atomic E-state index is -1.30.